The predicted molar refractivity (Wildman–Crippen MR) is 114 cm³/mol. The second kappa shape index (κ2) is 7.54. The Morgan fingerprint density at radius 3 is 2.73 bits per heavy atom. The second-order valence-electron chi connectivity index (χ2n) is 6.09. The molecule has 1 aromatic carbocycles. The number of carbonyl (C=O) groups excluding carboxylic acids is 1. The van der Waals surface area contributed by atoms with Crippen LogP contribution < -0.4 is 11.1 Å². The topological polar surface area (TPSA) is 80.9 Å². The van der Waals surface area contributed by atoms with E-state index in [0.29, 0.717) is 11.0 Å². The number of thioether (sulfide) groups is 1. The highest BCUT2D eigenvalue weighted by atomic mass is 79.9. The molecular weight excluding hydrogens is 432 g/mol. The van der Waals surface area contributed by atoms with E-state index in [0.717, 1.165) is 31.5 Å². The first-order chi connectivity index (χ1) is 12.3. The fraction of sp³-hybridized carbons (Fsp3) is 0.278. The number of halogens is 1. The fourth-order valence-electron chi connectivity index (χ4n) is 2.48. The molecule has 0 fully saturated rings. The first-order valence-electron chi connectivity index (χ1n) is 8.03. The van der Waals surface area contributed by atoms with Gasteiger partial charge in [-0.15, -0.1) is 11.3 Å². The molecule has 0 aliphatic carbocycles. The van der Waals surface area contributed by atoms with Crippen LogP contribution in [0, 0.1) is 20.8 Å². The number of hydrogen-bond acceptors (Lipinski definition) is 6. The van der Waals surface area contributed by atoms with Crippen molar-refractivity contribution in [3.8, 4) is 0 Å². The number of thiophene rings is 1. The molecule has 0 radical (unpaired) electrons. The number of anilines is 2. The molecule has 1 atom stereocenters. The maximum absolute atomic E-state index is 12.5. The molecular formula is C18H19BrN4OS2. The van der Waals surface area contributed by atoms with Gasteiger partial charge in [0.25, 0.3) is 0 Å². The molecule has 0 saturated heterocycles. The number of rotatable bonds is 4. The van der Waals surface area contributed by atoms with Crippen molar-refractivity contribution < 1.29 is 4.79 Å². The third-order valence-corrected chi connectivity index (χ3v) is 6.79. The highest BCUT2D eigenvalue weighted by molar-refractivity contribution is 9.10. The molecule has 1 unspecified atom stereocenters. The van der Waals surface area contributed by atoms with Crippen molar-refractivity contribution in [3.63, 3.8) is 0 Å². The van der Waals surface area contributed by atoms with E-state index in [1.807, 2.05) is 45.9 Å². The molecule has 136 valence electrons. The third-order valence-electron chi connectivity index (χ3n) is 4.07. The van der Waals surface area contributed by atoms with Crippen LogP contribution in [0.25, 0.3) is 10.2 Å². The molecule has 3 aromatic rings. The smallest absolute Gasteiger partial charge is 0.237 e. The molecule has 2 heterocycles. The molecule has 1 amide bonds. The Balaban J connectivity index is 1.77. The highest BCUT2D eigenvalue weighted by Gasteiger charge is 2.19. The largest absolute Gasteiger partial charge is 0.383 e. The summed E-state index contributed by atoms with van der Waals surface area (Å²) in [5, 5.41) is 4.00. The quantitative estimate of drug-likeness (QED) is 0.427. The minimum Gasteiger partial charge on any atom is -0.383 e. The van der Waals surface area contributed by atoms with Crippen LogP contribution in [0.1, 0.15) is 22.9 Å². The van der Waals surface area contributed by atoms with E-state index >= 15 is 0 Å². The molecule has 2 aromatic heterocycles. The van der Waals surface area contributed by atoms with Gasteiger partial charge >= 0.3 is 0 Å². The molecule has 3 rings (SSSR count). The van der Waals surface area contributed by atoms with Crippen LogP contribution in [-0.2, 0) is 4.79 Å². The van der Waals surface area contributed by atoms with Crippen LogP contribution in [0.4, 0.5) is 11.5 Å². The average molecular weight is 451 g/mol. The van der Waals surface area contributed by atoms with Crippen LogP contribution in [0.3, 0.4) is 0 Å². The molecule has 8 heteroatoms. The number of benzene rings is 1. The lowest BCUT2D eigenvalue weighted by atomic mass is 10.2. The number of hydrogen-bond donors (Lipinski definition) is 2. The summed E-state index contributed by atoms with van der Waals surface area (Å²) in [6.45, 7) is 7.90. The Bertz CT molecular complexity index is 1000. The Kier molecular flexibility index (Phi) is 5.55. The summed E-state index contributed by atoms with van der Waals surface area (Å²) in [6, 6.07) is 5.80. The lowest BCUT2D eigenvalue weighted by molar-refractivity contribution is -0.115. The summed E-state index contributed by atoms with van der Waals surface area (Å²) in [6.07, 6.45) is 0. The van der Waals surface area contributed by atoms with Gasteiger partial charge in [-0.05, 0) is 66.9 Å². The molecule has 0 spiro atoms. The summed E-state index contributed by atoms with van der Waals surface area (Å²) in [4.78, 5) is 23.5. The summed E-state index contributed by atoms with van der Waals surface area (Å²) in [7, 11) is 0. The van der Waals surface area contributed by atoms with Crippen molar-refractivity contribution in [1.29, 1.82) is 0 Å². The number of nitrogens with one attached hydrogen (secondary N) is 1. The van der Waals surface area contributed by atoms with E-state index in [1.54, 1.807) is 11.3 Å². The van der Waals surface area contributed by atoms with Crippen LogP contribution in [0.5, 0.6) is 0 Å². The molecule has 0 aliphatic rings. The zero-order chi connectivity index (χ0) is 19.0. The van der Waals surface area contributed by atoms with Crippen molar-refractivity contribution in [1.82, 2.24) is 9.97 Å². The van der Waals surface area contributed by atoms with Crippen molar-refractivity contribution in [2.45, 2.75) is 38.1 Å². The van der Waals surface area contributed by atoms with E-state index in [9.17, 15) is 4.79 Å². The fourth-order valence-corrected chi connectivity index (χ4v) is 4.94. The molecule has 0 saturated carbocycles. The van der Waals surface area contributed by atoms with Gasteiger partial charge in [0.2, 0.25) is 5.91 Å². The van der Waals surface area contributed by atoms with Gasteiger partial charge in [0.05, 0.1) is 16.3 Å². The number of aromatic nitrogens is 2. The van der Waals surface area contributed by atoms with Crippen LogP contribution in [-0.4, -0.2) is 21.1 Å². The zero-order valence-electron chi connectivity index (χ0n) is 14.9. The normalized spacial score (nSPS) is 12.3. The maximum atomic E-state index is 12.5. The molecule has 3 N–H and O–H groups in total. The lowest BCUT2D eigenvalue weighted by Crippen LogP contribution is -2.23. The molecule has 0 aliphatic heterocycles. The van der Waals surface area contributed by atoms with Gasteiger partial charge in [-0.2, -0.15) is 0 Å². The monoisotopic (exact) mass is 450 g/mol. The number of nitrogens with zero attached hydrogens (tertiary/aromatic N) is 2. The Morgan fingerprint density at radius 1 is 1.31 bits per heavy atom. The molecule has 5 nitrogen and oxygen atoms in total. The van der Waals surface area contributed by atoms with Gasteiger partial charge in [-0.25, -0.2) is 9.97 Å². The van der Waals surface area contributed by atoms with E-state index < -0.39 is 0 Å². The minimum absolute atomic E-state index is 0.111. The number of nitrogen functional groups attached to an aromatic ring is 1. The first-order valence-corrected chi connectivity index (χ1v) is 10.5. The van der Waals surface area contributed by atoms with Gasteiger partial charge in [0.15, 0.2) is 5.16 Å². The van der Waals surface area contributed by atoms with Crippen molar-refractivity contribution in [2.24, 2.45) is 0 Å². The van der Waals surface area contributed by atoms with E-state index in [4.69, 9.17) is 5.73 Å². The first kappa shape index (κ1) is 19.1. The van der Waals surface area contributed by atoms with Gasteiger partial charge in [0, 0.05) is 9.35 Å². The number of amides is 1. The Morgan fingerprint density at radius 2 is 2.04 bits per heavy atom. The third kappa shape index (κ3) is 3.87. The van der Waals surface area contributed by atoms with Crippen LogP contribution in [0.15, 0.2) is 27.8 Å². The lowest BCUT2D eigenvalue weighted by Gasteiger charge is -2.13. The van der Waals surface area contributed by atoms with Crippen molar-refractivity contribution in [3.05, 3.63) is 38.7 Å². The minimum atomic E-state index is -0.359. The highest BCUT2D eigenvalue weighted by Crippen LogP contribution is 2.34. The van der Waals surface area contributed by atoms with Crippen LogP contribution in [0.2, 0.25) is 0 Å². The number of carbonyl (C=O) groups is 1. The maximum Gasteiger partial charge on any atom is 0.237 e. The summed E-state index contributed by atoms with van der Waals surface area (Å²) in [5.74, 6) is 0.355. The van der Waals surface area contributed by atoms with Crippen LogP contribution >= 0.6 is 39.0 Å². The number of nitrogens with two attached hydrogens (primary N) is 1. The average Bonchev–Trinajstić information content (AvgIpc) is 2.84. The molecule has 26 heavy (non-hydrogen) atoms. The van der Waals surface area contributed by atoms with Gasteiger partial charge in [-0.3, -0.25) is 4.79 Å². The standard InChI is InChI=1S/C18H19BrN4OS2/c1-8-5-6-13(12(19)7-8)21-16(24)11(4)26-18-22-15(20)14-9(2)10(3)25-17(14)23-18/h5-7,11H,1-4H3,(H,21,24)(H2,20,22,23). The predicted octanol–water partition coefficient (Wildman–Crippen LogP) is 5.08. The zero-order valence-corrected chi connectivity index (χ0v) is 18.1. The summed E-state index contributed by atoms with van der Waals surface area (Å²) in [5.41, 5.74) is 9.10. The van der Waals surface area contributed by atoms with E-state index in [1.165, 1.54) is 16.6 Å². The van der Waals surface area contributed by atoms with Gasteiger partial charge < -0.3 is 11.1 Å². The Hall–Kier alpha value is -1.64. The van der Waals surface area contributed by atoms with E-state index in [-0.39, 0.29) is 11.2 Å². The van der Waals surface area contributed by atoms with E-state index in [2.05, 4.69) is 31.2 Å². The van der Waals surface area contributed by atoms with Crippen molar-refractivity contribution in [2.75, 3.05) is 11.1 Å². The summed E-state index contributed by atoms with van der Waals surface area (Å²) < 4.78 is 0.856. The number of fused-ring (bicyclic) bond motifs is 1. The second-order valence-corrected chi connectivity index (χ2v) is 9.45. The number of aryl methyl sites for hydroxylation is 3. The Labute approximate surface area is 168 Å². The van der Waals surface area contributed by atoms with Gasteiger partial charge in [0.1, 0.15) is 10.6 Å². The SMILES string of the molecule is Cc1ccc(NC(=O)C(C)Sc2nc(N)c3c(C)c(C)sc3n2)c(Br)c1. The molecule has 0 bridgehead atoms. The van der Waals surface area contributed by atoms with Gasteiger partial charge in [-0.1, -0.05) is 17.8 Å². The van der Waals surface area contributed by atoms with Crippen molar-refractivity contribution >= 4 is 66.7 Å². The summed E-state index contributed by atoms with van der Waals surface area (Å²) >= 11 is 6.37.